The molecule has 1 aliphatic rings. The standard InChI is InChI=1S/C23H26N6O5S/c1-3-24-20(31)14-8-10-28(11-9-14)23-27-19-18(35-23)21(32)29(13-25-19)12-17(30)26-16-6-4-15(5-7-16)22(33)34-2/h4-7,13-14H,3,8-12H2,1-2H3,(H,24,31)(H,26,30). The van der Waals surface area contributed by atoms with Gasteiger partial charge in [0.1, 0.15) is 17.6 Å². The number of hydrogen-bond acceptors (Lipinski definition) is 9. The molecule has 4 rings (SSSR count). The van der Waals surface area contributed by atoms with E-state index < -0.39 is 11.9 Å². The normalized spacial score (nSPS) is 14.1. The second kappa shape index (κ2) is 10.6. The van der Waals surface area contributed by atoms with Crippen molar-refractivity contribution < 1.29 is 19.1 Å². The van der Waals surface area contributed by atoms with Crippen LogP contribution in [-0.4, -0.2) is 59.1 Å². The molecule has 184 valence electrons. The maximum atomic E-state index is 13.0. The molecule has 3 aromatic rings. The Morgan fingerprint density at radius 3 is 2.54 bits per heavy atom. The van der Waals surface area contributed by atoms with Crippen molar-refractivity contribution >= 4 is 50.3 Å². The van der Waals surface area contributed by atoms with Crippen LogP contribution >= 0.6 is 11.3 Å². The van der Waals surface area contributed by atoms with Crippen molar-refractivity contribution in [2.24, 2.45) is 5.92 Å². The number of hydrogen-bond donors (Lipinski definition) is 2. The Bertz CT molecular complexity index is 1290. The van der Waals surface area contributed by atoms with E-state index >= 15 is 0 Å². The SMILES string of the molecule is CCNC(=O)C1CCN(c2nc3ncn(CC(=O)Nc4ccc(C(=O)OC)cc4)c(=O)c3s2)CC1. The van der Waals surface area contributed by atoms with Gasteiger partial charge >= 0.3 is 5.97 Å². The van der Waals surface area contributed by atoms with E-state index in [0.717, 1.165) is 12.8 Å². The summed E-state index contributed by atoms with van der Waals surface area (Å²) in [6.07, 6.45) is 2.76. The van der Waals surface area contributed by atoms with Crippen LogP contribution in [0.1, 0.15) is 30.1 Å². The number of carbonyl (C=O) groups is 3. The number of carbonyl (C=O) groups excluding carboxylic acids is 3. The molecule has 2 amide bonds. The number of nitrogens with zero attached hydrogens (tertiary/aromatic N) is 4. The van der Waals surface area contributed by atoms with Crippen molar-refractivity contribution in [3.05, 3.63) is 46.5 Å². The summed E-state index contributed by atoms with van der Waals surface area (Å²) < 4.78 is 6.27. The maximum Gasteiger partial charge on any atom is 0.337 e. The van der Waals surface area contributed by atoms with E-state index in [2.05, 4.69) is 30.2 Å². The fraction of sp³-hybridized carbons (Fsp3) is 0.391. The number of rotatable bonds is 7. The number of thiazole rings is 1. The highest BCUT2D eigenvalue weighted by atomic mass is 32.1. The number of amides is 2. The topological polar surface area (TPSA) is 136 Å². The number of ether oxygens (including phenoxy) is 1. The summed E-state index contributed by atoms with van der Waals surface area (Å²) in [5.41, 5.74) is 0.856. The molecule has 0 spiro atoms. The lowest BCUT2D eigenvalue weighted by molar-refractivity contribution is -0.125. The average Bonchev–Trinajstić information content (AvgIpc) is 3.31. The van der Waals surface area contributed by atoms with Gasteiger partial charge in [-0.05, 0) is 44.0 Å². The van der Waals surface area contributed by atoms with E-state index in [1.165, 1.54) is 29.3 Å². The molecule has 12 heteroatoms. The number of benzene rings is 1. The van der Waals surface area contributed by atoms with E-state index in [9.17, 15) is 19.2 Å². The molecule has 0 aliphatic carbocycles. The maximum absolute atomic E-state index is 13.0. The van der Waals surface area contributed by atoms with Gasteiger partial charge in [-0.1, -0.05) is 11.3 Å². The number of piperidine rings is 1. The zero-order chi connectivity index (χ0) is 24.9. The zero-order valence-corrected chi connectivity index (χ0v) is 20.3. The van der Waals surface area contributed by atoms with E-state index in [1.807, 2.05) is 6.92 Å². The summed E-state index contributed by atoms with van der Waals surface area (Å²) in [5, 5.41) is 6.25. The van der Waals surface area contributed by atoms with Crippen LogP contribution in [0.15, 0.2) is 35.4 Å². The lowest BCUT2D eigenvalue weighted by Gasteiger charge is -2.30. The molecular weight excluding hydrogens is 472 g/mol. The fourth-order valence-corrected chi connectivity index (χ4v) is 4.92. The van der Waals surface area contributed by atoms with Gasteiger partial charge in [-0.15, -0.1) is 0 Å². The Hall–Kier alpha value is -3.80. The van der Waals surface area contributed by atoms with Gasteiger partial charge < -0.3 is 20.3 Å². The van der Waals surface area contributed by atoms with Gasteiger partial charge in [0.25, 0.3) is 5.56 Å². The minimum absolute atomic E-state index is 0.00823. The Morgan fingerprint density at radius 1 is 1.17 bits per heavy atom. The Morgan fingerprint density at radius 2 is 1.89 bits per heavy atom. The number of aromatic nitrogens is 3. The average molecular weight is 499 g/mol. The summed E-state index contributed by atoms with van der Waals surface area (Å²) in [5.74, 6) is -0.801. The molecule has 0 atom stereocenters. The van der Waals surface area contributed by atoms with E-state index in [0.29, 0.717) is 46.4 Å². The van der Waals surface area contributed by atoms with Crippen LogP contribution < -0.4 is 21.1 Å². The molecule has 0 unspecified atom stereocenters. The van der Waals surface area contributed by atoms with Crippen molar-refractivity contribution in [1.29, 1.82) is 0 Å². The predicted octanol–water partition coefficient (Wildman–Crippen LogP) is 1.63. The minimum atomic E-state index is -0.468. The van der Waals surface area contributed by atoms with Crippen LogP contribution in [0.5, 0.6) is 0 Å². The van der Waals surface area contributed by atoms with Gasteiger partial charge in [-0.25, -0.2) is 9.78 Å². The lowest BCUT2D eigenvalue weighted by atomic mass is 9.96. The Labute approximate surface area is 205 Å². The summed E-state index contributed by atoms with van der Waals surface area (Å²) in [6.45, 7) is 3.65. The zero-order valence-electron chi connectivity index (χ0n) is 19.4. The highest BCUT2D eigenvalue weighted by Gasteiger charge is 2.26. The molecule has 1 aromatic carbocycles. The monoisotopic (exact) mass is 498 g/mol. The van der Waals surface area contributed by atoms with Gasteiger partial charge in [-0.3, -0.25) is 19.0 Å². The van der Waals surface area contributed by atoms with Crippen LogP contribution in [0.25, 0.3) is 10.3 Å². The smallest absolute Gasteiger partial charge is 0.337 e. The number of methoxy groups -OCH3 is 1. The summed E-state index contributed by atoms with van der Waals surface area (Å²) in [6, 6.07) is 6.25. The van der Waals surface area contributed by atoms with Crippen LogP contribution in [-0.2, 0) is 20.9 Å². The van der Waals surface area contributed by atoms with Crippen molar-refractivity contribution in [3.8, 4) is 0 Å². The fourth-order valence-electron chi connectivity index (χ4n) is 3.90. The number of esters is 1. The van der Waals surface area contributed by atoms with Crippen LogP contribution in [0.3, 0.4) is 0 Å². The van der Waals surface area contributed by atoms with Crippen LogP contribution in [0.2, 0.25) is 0 Å². The van der Waals surface area contributed by atoms with Crippen LogP contribution in [0.4, 0.5) is 10.8 Å². The molecule has 1 saturated heterocycles. The number of fused-ring (bicyclic) bond motifs is 1. The third-order valence-electron chi connectivity index (χ3n) is 5.76. The molecule has 3 heterocycles. The third kappa shape index (κ3) is 5.48. The molecule has 35 heavy (non-hydrogen) atoms. The highest BCUT2D eigenvalue weighted by Crippen LogP contribution is 2.29. The predicted molar refractivity (Wildman–Crippen MR) is 132 cm³/mol. The minimum Gasteiger partial charge on any atom is -0.465 e. The molecule has 0 saturated carbocycles. The summed E-state index contributed by atoms with van der Waals surface area (Å²) in [4.78, 5) is 59.9. The summed E-state index contributed by atoms with van der Waals surface area (Å²) >= 11 is 1.24. The first kappa shape index (κ1) is 24.3. The first-order valence-electron chi connectivity index (χ1n) is 11.3. The van der Waals surface area contributed by atoms with Crippen molar-refractivity contribution in [2.75, 3.05) is 37.0 Å². The second-order valence-corrected chi connectivity index (χ2v) is 9.08. The molecule has 1 aliphatic heterocycles. The van der Waals surface area contributed by atoms with E-state index in [-0.39, 0.29) is 23.9 Å². The number of nitrogens with one attached hydrogen (secondary N) is 2. The molecule has 11 nitrogen and oxygen atoms in total. The van der Waals surface area contributed by atoms with Crippen molar-refractivity contribution in [2.45, 2.75) is 26.3 Å². The highest BCUT2D eigenvalue weighted by molar-refractivity contribution is 7.22. The van der Waals surface area contributed by atoms with Crippen molar-refractivity contribution in [3.63, 3.8) is 0 Å². The van der Waals surface area contributed by atoms with Gasteiger partial charge in [0, 0.05) is 31.2 Å². The van der Waals surface area contributed by atoms with Crippen LogP contribution in [0, 0.1) is 5.92 Å². The molecule has 2 N–H and O–H groups in total. The largest absolute Gasteiger partial charge is 0.465 e. The molecule has 1 fully saturated rings. The lowest BCUT2D eigenvalue weighted by Crippen LogP contribution is -2.40. The third-order valence-corrected chi connectivity index (χ3v) is 6.86. The molecule has 2 aromatic heterocycles. The number of anilines is 2. The first-order chi connectivity index (χ1) is 16.9. The molecule has 0 radical (unpaired) electrons. The first-order valence-corrected chi connectivity index (χ1v) is 12.1. The Balaban J connectivity index is 1.42. The summed E-state index contributed by atoms with van der Waals surface area (Å²) in [7, 11) is 1.29. The van der Waals surface area contributed by atoms with Gasteiger partial charge in [0.15, 0.2) is 10.8 Å². The Kier molecular flexibility index (Phi) is 7.39. The quantitative estimate of drug-likeness (QED) is 0.469. The van der Waals surface area contributed by atoms with E-state index in [1.54, 1.807) is 24.3 Å². The van der Waals surface area contributed by atoms with Gasteiger partial charge in [0.05, 0.1) is 12.7 Å². The second-order valence-electron chi connectivity index (χ2n) is 8.10. The molecule has 0 bridgehead atoms. The van der Waals surface area contributed by atoms with E-state index in [4.69, 9.17) is 0 Å². The van der Waals surface area contributed by atoms with Gasteiger partial charge in [0.2, 0.25) is 11.8 Å². The molecular formula is C23H26N6O5S. The van der Waals surface area contributed by atoms with Gasteiger partial charge in [-0.2, -0.15) is 4.98 Å². The van der Waals surface area contributed by atoms with Crippen molar-refractivity contribution in [1.82, 2.24) is 19.9 Å².